The van der Waals surface area contributed by atoms with Crippen molar-refractivity contribution in [2.75, 3.05) is 33.0 Å². The third-order valence-corrected chi connectivity index (χ3v) is 3.39. The molecule has 23 heavy (non-hydrogen) atoms. The number of aliphatic hydroxyl groups is 1. The molecule has 0 aliphatic heterocycles. The van der Waals surface area contributed by atoms with Crippen molar-refractivity contribution in [2.45, 2.75) is 78.8 Å². The minimum Gasteiger partial charge on any atom is -0.391 e. The highest BCUT2D eigenvalue weighted by Gasteiger charge is 2.11. The Kier molecular flexibility index (Phi) is 14.0. The fraction of sp³-hybridized carbons (Fsp3) is 1.00. The maximum absolute atomic E-state index is 9.16. The van der Waals surface area contributed by atoms with Gasteiger partial charge in [-0.2, -0.15) is 0 Å². The Morgan fingerprint density at radius 1 is 0.696 bits per heavy atom. The van der Waals surface area contributed by atoms with Gasteiger partial charge in [0.2, 0.25) is 0 Å². The number of rotatable bonds is 15. The van der Waals surface area contributed by atoms with Gasteiger partial charge in [0.25, 0.3) is 0 Å². The summed E-state index contributed by atoms with van der Waals surface area (Å²) in [6.45, 7) is 14.8. The molecule has 0 aromatic carbocycles. The monoisotopic (exact) mass is 334 g/mol. The van der Waals surface area contributed by atoms with E-state index in [1.165, 1.54) is 12.8 Å². The largest absolute Gasteiger partial charge is 0.391 e. The predicted octanol–water partition coefficient (Wildman–Crippen LogP) is 3.04. The molecule has 0 aliphatic carbocycles. The molecular formula is C18H38O5. The van der Waals surface area contributed by atoms with Crippen molar-refractivity contribution in [1.82, 2.24) is 0 Å². The first kappa shape index (κ1) is 22.8. The van der Waals surface area contributed by atoms with Crippen LogP contribution >= 0.6 is 0 Å². The molecule has 5 nitrogen and oxygen atoms in total. The second-order valence-corrected chi connectivity index (χ2v) is 6.71. The molecule has 0 saturated heterocycles. The van der Waals surface area contributed by atoms with Crippen LogP contribution in [-0.4, -0.2) is 62.6 Å². The Labute approximate surface area is 142 Å². The van der Waals surface area contributed by atoms with Crippen molar-refractivity contribution in [1.29, 1.82) is 0 Å². The van der Waals surface area contributed by atoms with Crippen LogP contribution in [0.2, 0.25) is 0 Å². The SMILES string of the molecule is CCCC(C)COCC(C)OCC(C)OCC(C)OCC(C)O. The Morgan fingerprint density at radius 2 is 1.17 bits per heavy atom. The Bertz CT molecular complexity index is 260. The summed E-state index contributed by atoms with van der Waals surface area (Å²) in [6, 6.07) is 0. The number of hydrogen-bond donors (Lipinski definition) is 1. The van der Waals surface area contributed by atoms with E-state index in [4.69, 9.17) is 24.1 Å². The van der Waals surface area contributed by atoms with E-state index in [9.17, 15) is 0 Å². The summed E-state index contributed by atoms with van der Waals surface area (Å²) in [7, 11) is 0. The van der Waals surface area contributed by atoms with Crippen LogP contribution in [0.1, 0.15) is 54.4 Å². The van der Waals surface area contributed by atoms with E-state index >= 15 is 0 Å². The summed E-state index contributed by atoms with van der Waals surface area (Å²) in [5.74, 6) is 0.609. The van der Waals surface area contributed by atoms with Gasteiger partial charge in [0, 0.05) is 6.61 Å². The molecule has 0 rings (SSSR count). The van der Waals surface area contributed by atoms with E-state index in [0.29, 0.717) is 32.3 Å². The molecule has 0 bridgehead atoms. The fourth-order valence-corrected chi connectivity index (χ4v) is 2.06. The van der Waals surface area contributed by atoms with Gasteiger partial charge in [-0.15, -0.1) is 0 Å². The topological polar surface area (TPSA) is 57.2 Å². The van der Waals surface area contributed by atoms with Gasteiger partial charge in [0.05, 0.1) is 50.8 Å². The lowest BCUT2D eigenvalue weighted by Crippen LogP contribution is -2.28. The van der Waals surface area contributed by atoms with Crippen molar-refractivity contribution in [3.8, 4) is 0 Å². The van der Waals surface area contributed by atoms with Crippen LogP contribution in [0.25, 0.3) is 0 Å². The van der Waals surface area contributed by atoms with Gasteiger partial charge in [-0.3, -0.25) is 0 Å². The maximum Gasteiger partial charge on any atom is 0.0781 e. The minimum absolute atomic E-state index is 0.00839. The molecule has 0 spiro atoms. The van der Waals surface area contributed by atoms with Gasteiger partial charge in [-0.05, 0) is 40.0 Å². The highest BCUT2D eigenvalue weighted by Crippen LogP contribution is 2.06. The smallest absolute Gasteiger partial charge is 0.0781 e. The highest BCUT2D eigenvalue weighted by atomic mass is 16.6. The van der Waals surface area contributed by atoms with E-state index in [1.54, 1.807) is 6.92 Å². The average Bonchev–Trinajstić information content (AvgIpc) is 2.49. The normalized spacial score (nSPS) is 18.4. The Hall–Kier alpha value is -0.200. The molecule has 0 heterocycles. The van der Waals surface area contributed by atoms with Crippen molar-refractivity contribution in [3.05, 3.63) is 0 Å². The second kappa shape index (κ2) is 14.2. The summed E-state index contributed by atoms with van der Waals surface area (Å²) < 4.78 is 22.6. The lowest BCUT2D eigenvalue weighted by Gasteiger charge is -2.20. The molecule has 0 aromatic rings. The average molecular weight is 334 g/mol. The summed E-state index contributed by atoms with van der Waals surface area (Å²) in [4.78, 5) is 0. The third-order valence-electron chi connectivity index (χ3n) is 3.39. The first-order chi connectivity index (χ1) is 10.8. The molecule has 0 radical (unpaired) electrons. The van der Waals surface area contributed by atoms with Crippen molar-refractivity contribution < 1.29 is 24.1 Å². The standard InChI is InChI=1S/C18H38O5/c1-7-8-14(2)9-20-11-16(4)22-13-18(6)23-12-17(5)21-10-15(3)19/h14-19H,7-13H2,1-6H3. The Balaban J connectivity index is 3.61. The second-order valence-electron chi connectivity index (χ2n) is 6.71. The molecule has 0 amide bonds. The third kappa shape index (κ3) is 15.1. The van der Waals surface area contributed by atoms with E-state index in [-0.39, 0.29) is 18.3 Å². The number of ether oxygens (including phenoxy) is 4. The molecule has 5 unspecified atom stereocenters. The zero-order chi connectivity index (χ0) is 17.7. The minimum atomic E-state index is -0.445. The molecule has 0 aromatic heterocycles. The summed E-state index contributed by atoms with van der Waals surface area (Å²) in [5.41, 5.74) is 0. The lowest BCUT2D eigenvalue weighted by molar-refractivity contribution is -0.0877. The van der Waals surface area contributed by atoms with Crippen LogP contribution in [0.15, 0.2) is 0 Å². The van der Waals surface area contributed by atoms with Crippen LogP contribution in [0, 0.1) is 5.92 Å². The van der Waals surface area contributed by atoms with Crippen LogP contribution in [0.5, 0.6) is 0 Å². The molecule has 5 atom stereocenters. The summed E-state index contributed by atoms with van der Waals surface area (Å²) in [5, 5.41) is 9.16. The molecule has 5 heteroatoms. The number of aliphatic hydroxyl groups excluding tert-OH is 1. The molecule has 140 valence electrons. The number of hydrogen-bond acceptors (Lipinski definition) is 5. The predicted molar refractivity (Wildman–Crippen MR) is 92.8 cm³/mol. The molecule has 0 saturated carbocycles. The lowest BCUT2D eigenvalue weighted by atomic mass is 10.1. The van der Waals surface area contributed by atoms with E-state index in [0.717, 1.165) is 6.61 Å². The van der Waals surface area contributed by atoms with Gasteiger partial charge in [-0.1, -0.05) is 20.3 Å². The maximum atomic E-state index is 9.16. The summed E-state index contributed by atoms with van der Waals surface area (Å²) >= 11 is 0. The Morgan fingerprint density at radius 3 is 1.65 bits per heavy atom. The van der Waals surface area contributed by atoms with Crippen molar-refractivity contribution >= 4 is 0 Å². The van der Waals surface area contributed by atoms with Gasteiger partial charge < -0.3 is 24.1 Å². The van der Waals surface area contributed by atoms with Gasteiger partial charge in [-0.25, -0.2) is 0 Å². The zero-order valence-electron chi connectivity index (χ0n) is 15.9. The van der Waals surface area contributed by atoms with E-state index < -0.39 is 6.10 Å². The fourth-order valence-electron chi connectivity index (χ4n) is 2.06. The molecule has 1 N–H and O–H groups in total. The first-order valence-electron chi connectivity index (χ1n) is 8.95. The van der Waals surface area contributed by atoms with Crippen molar-refractivity contribution in [2.24, 2.45) is 5.92 Å². The van der Waals surface area contributed by atoms with Crippen LogP contribution in [-0.2, 0) is 18.9 Å². The van der Waals surface area contributed by atoms with Crippen LogP contribution < -0.4 is 0 Å². The van der Waals surface area contributed by atoms with Crippen LogP contribution in [0.4, 0.5) is 0 Å². The molecule has 0 aliphatic rings. The van der Waals surface area contributed by atoms with Gasteiger partial charge >= 0.3 is 0 Å². The quantitative estimate of drug-likeness (QED) is 0.499. The molecular weight excluding hydrogens is 296 g/mol. The van der Waals surface area contributed by atoms with E-state index in [2.05, 4.69) is 13.8 Å². The van der Waals surface area contributed by atoms with Crippen LogP contribution in [0.3, 0.4) is 0 Å². The highest BCUT2D eigenvalue weighted by molar-refractivity contribution is 4.57. The van der Waals surface area contributed by atoms with Gasteiger partial charge in [0.1, 0.15) is 0 Å². The van der Waals surface area contributed by atoms with Crippen molar-refractivity contribution in [3.63, 3.8) is 0 Å². The first-order valence-corrected chi connectivity index (χ1v) is 8.95. The summed E-state index contributed by atoms with van der Waals surface area (Å²) in [6.07, 6.45) is 2.00. The molecule has 0 fully saturated rings. The van der Waals surface area contributed by atoms with E-state index in [1.807, 2.05) is 20.8 Å². The zero-order valence-corrected chi connectivity index (χ0v) is 15.9. The van der Waals surface area contributed by atoms with Gasteiger partial charge in [0.15, 0.2) is 0 Å².